The summed E-state index contributed by atoms with van der Waals surface area (Å²) in [6.45, 7) is 2.53. The summed E-state index contributed by atoms with van der Waals surface area (Å²) in [4.78, 5) is 20.4. The molecule has 10 nitrogen and oxygen atoms in total. The molecule has 2 aliphatic heterocycles. The van der Waals surface area contributed by atoms with Gasteiger partial charge in [0, 0.05) is 31.1 Å². The lowest BCUT2D eigenvalue weighted by Crippen LogP contribution is -2.33. The van der Waals surface area contributed by atoms with Crippen molar-refractivity contribution in [2.45, 2.75) is 50.4 Å². The lowest BCUT2D eigenvalue weighted by Gasteiger charge is -2.24. The Labute approximate surface area is 192 Å². The van der Waals surface area contributed by atoms with Gasteiger partial charge in [0.25, 0.3) is 5.91 Å². The van der Waals surface area contributed by atoms with E-state index in [-0.39, 0.29) is 17.8 Å². The second-order valence-electron chi connectivity index (χ2n) is 8.71. The highest BCUT2D eigenvalue weighted by Crippen LogP contribution is 2.32. The number of ether oxygens (including phenoxy) is 3. The minimum Gasteiger partial charge on any atom is -0.489 e. The Morgan fingerprint density at radius 3 is 2.97 bits per heavy atom. The number of rotatable bonds is 8. The quantitative estimate of drug-likeness (QED) is 0.475. The number of anilines is 4. The van der Waals surface area contributed by atoms with E-state index < -0.39 is 5.91 Å². The van der Waals surface area contributed by atoms with Crippen molar-refractivity contribution in [2.24, 2.45) is 5.73 Å². The van der Waals surface area contributed by atoms with Gasteiger partial charge in [-0.05, 0) is 50.3 Å². The minimum absolute atomic E-state index is 0.0555. The van der Waals surface area contributed by atoms with Gasteiger partial charge in [-0.15, -0.1) is 0 Å². The molecule has 1 aromatic carbocycles. The van der Waals surface area contributed by atoms with Gasteiger partial charge in [0.2, 0.25) is 5.95 Å². The molecule has 1 aliphatic carbocycles. The Balaban J connectivity index is 1.21. The summed E-state index contributed by atoms with van der Waals surface area (Å²) in [5.41, 5.74) is 7.41. The zero-order chi connectivity index (χ0) is 22.6. The average Bonchev–Trinajstić information content (AvgIpc) is 3.65. The number of primary amides is 1. The van der Waals surface area contributed by atoms with Crippen LogP contribution in [0.2, 0.25) is 0 Å². The highest BCUT2D eigenvalue weighted by atomic mass is 16.6. The van der Waals surface area contributed by atoms with Gasteiger partial charge in [0.05, 0.1) is 24.0 Å². The van der Waals surface area contributed by atoms with Gasteiger partial charge in [0.1, 0.15) is 24.3 Å². The Morgan fingerprint density at radius 2 is 2.18 bits per heavy atom. The van der Waals surface area contributed by atoms with Crippen molar-refractivity contribution in [1.29, 1.82) is 0 Å². The summed E-state index contributed by atoms with van der Waals surface area (Å²) in [7, 11) is 0. The van der Waals surface area contributed by atoms with E-state index in [0.717, 1.165) is 49.4 Å². The van der Waals surface area contributed by atoms with Crippen LogP contribution in [0.15, 0.2) is 24.4 Å². The number of nitrogens with zero attached hydrogens (tertiary/aromatic N) is 2. The summed E-state index contributed by atoms with van der Waals surface area (Å²) < 4.78 is 17.8. The van der Waals surface area contributed by atoms with Crippen LogP contribution >= 0.6 is 0 Å². The maximum atomic E-state index is 11.7. The predicted octanol–water partition coefficient (Wildman–Crippen LogP) is 2.65. The summed E-state index contributed by atoms with van der Waals surface area (Å²) in [6, 6.07) is 6.08. The predicted molar refractivity (Wildman–Crippen MR) is 124 cm³/mol. The van der Waals surface area contributed by atoms with Gasteiger partial charge in [0.15, 0.2) is 0 Å². The number of aromatic nitrogens is 2. The third kappa shape index (κ3) is 5.63. The molecule has 33 heavy (non-hydrogen) atoms. The van der Waals surface area contributed by atoms with Gasteiger partial charge in [-0.1, -0.05) is 0 Å². The summed E-state index contributed by atoms with van der Waals surface area (Å²) in [5, 5.41) is 9.85. The highest BCUT2D eigenvalue weighted by Gasteiger charge is 2.24. The largest absolute Gasteiger partial charge is 0.489 e. The molecule has 2 atom stereocenters. The van der Waals surface area contributed by atoms with Crippen molar-refractivity contribution >= 4 is 29.0 Å². The van der Waals surface area contributed by atoms with Crippen LogP contribution in [0.3, 0.4) is 0 Å². The van der Waals surface area contributed by atoms with Crippen LogP contribution in [0, 0.1) is 0 Å². The van der Waals surface area contributed by atoms with E-state index in [4.69, 9.17) is 19.9 Å². The molecular formula is C23H30N6O4. The van der Waals surface area contributed by atoms with Crippen LogP contribution in [0.25, 0.3) is 0 Å². The van der Waals surface area contributed by atoms with Gasteiger partial charge in [-0.25, -0.2) is 4.98 Å². The first-order valence-electron chi connectivity index (χ1n) is 11.6. The summed E-state index contributed by atoms with van der Waals surface area (Å²) in [5.74, 6) is 1.05. The van der Waals surface area contributed by atoms with Crippen LogP contribution < -0.4 is 26.4 Å². The van der Waals surface area contributed by atoms with E-state index >= 15 is 0 Å². The third-order valence-electron chi connectivity index (χ3n) is 5.94. The molecule has 3 heterocycles. The summed E-state index contributed by atoms with van der Waals surface area (Å²) in [6.07, 6.45) is 7.07. The van der Waals surface area contributed by atoms with E-state index in [1.807, 2.05) is 18.2 Å². The van der Waals surface area contributed by atoms with Crippen molar-refractivity contribution in [3.8, 4) is 5.75 Å². The van der Waals surface area contributed by atoms with E-state index in [2.05, 4.69) is 25.9 Å². The van der Waals surface area contributed by atoms with Gasteiger partial charge in [-0.3, -0.25) is 4.79 Å². The number of nitrogens with two attached hydrogens (primary N) is 1. The second-order valence-corrected chi connectivity index (χ2v) is 8.71. The van der Waals surface area contributed by atoms with Crippen molar-refractivity contribution in [1.82, 2.24) is 9.97 Å². The third-order valence-corrected chi connectivity index (χ3v) is 5.94. The molecule has 0 spiro atoms. The van der Waals surface area contributed by atoms with Crippen molar-refractivity contribution in [2.75, 3.05) is 42.3 Å². The molecule has 5 N–H and O–H groups in total. The Kier molecular flexibility index (Phi) is 6.45. The number of fused-ring (bicyclic) bond motifs is 1. The fourth-order valence-electron chi connectivity index (χ4n) is 3.91. The second kappa shape index (κ2) is 9.80. The Hall–Kier alpha value is -3.11. The molecule has 5 rings (SSSR count). The first-order valence-corrected chi connectivity index (χ1v) is 11.6. The molecular weight excluding hydrogens is 424 g/mol. The first kappa shape index (κ1) is 21.7. The van der Waals surface area contributed by atoms with E-state index in [9.17, 15) is 4.79 Å². The van der Waals surface area contributed by atoms with Crippen molar-refractivity contribution in [3.05, 3.63) is 30.0 Å². The Morgan fingerprint density at radius 1 is 1.27 bits per heavy atom. The average molecular weight is 455 g/mol. The summed E-state index contributed by atoms with van der Waals surface area (Å²) >= 11 is 0. The molecule has 1 saturated heterocycles. The van der Waals surface area contributed by atoms with Crippen LogP contribution in [-0.2, 0) is 9.47 Å². The number of carbonyl (C=O) groups is 1. The van der Waals surface area contributed by atoms with E-state index in [0.29, 0.717) is 37.6 Å². The van der Waals surface area contributed by atoms with Gasteiger partial charge < -0.3 is 35.9 Å². The van der Waals surface area contributed by atoms with Gasteiger partial charge >= 0.3 is 0 Å². The molecule has 10 heteroatoms. The van der Waals surface area contributed by atoms with Crippen LogP contribution in [0.4, 0.5) is 23.1 Å². The number of nitrogens with one attached hydrogen (secondary N) is 3. The number of hydrogen-bond acceptors (Lipinski definition) is 9. The van der Waals surface area contributed by atoms with Crippen molar-refractivity contribution in [3.63, 3.8) is 0 Å². The van der Waals surface area contributed by atoms with Crippen LogP contribution in [0.5, 0.6) is 5.75 Å². The normalized spacial score (nSPS) is 22.3. The molecule has 2 aromatic rings. The molecule has 1 amide bonds. The molecule has 1 saturated carbocycles. The number of benzene rings is 1. The van der Waals surface area contributed by atoms with Gasteiger partial charge in [-0.2, -0.15) is 4.98 Å². The standard InChI is InChI=1S/C23H30N6O4/c24-21(30)18-11-26-23(29-22(18)27-14-4-5-14)28-15-6-7-20-19(9-15)25-10-17(13-33-20)32-12-16-3-1-2-8-31-16/h6-7,9,11,14,16-17,25H,1-5,8,10,12-13H2,(H2,24,30)(H2,26,27,28,29)/t16?,17-/m0/s1. The number of hydrogen-bond donors (Lipinski definition) is 4. The number of amides is 1. The van der Waals surface area contributed by atoms with E-state index in [1.165, 1.54) is 12.6 Å². The molecule has 2 fully saturated rings. The van der Waals surface area contributed by atoms with Crippen LogP contribution in [-0.4, -0.2) is 60.5 Å². The maximum absolute atomic E-state index is 11.7. The topological polar surface area (TPSA) is 133 Å². The molecule has 176 valence electrons. The molecule has 3 aliphatic rings. The lowest BCUT2D eigenvalue weighted by molar-refractivity contribution is -0.0669. The molecule has 1 unspecified atom stereocenters. The fourth-order valence-corrected chi connectivity index (χ4v) is 3.91. The fraction of sp³-hybridized carbons (Fsp3) is 0.522. The molecule has 1 aromatic heterocycles. The first-order chi connectivity index (χ1) is 16.1. The van der Waals surface area contributed by atoms with Crippen LogP contribution in [0.1, 0.15) is 42.5 Å². The zero-order valence-corrected chi connectivity index (χ0v) is 18.5. The Bertz CT molecular complexity index is 993. The monoisotopic (exact) mass is 454 g/mol. The van der Waals surface area contributed by atoms with E-state index in [1.54, 1.807) is 0 Å². The van der Waals surface area contributed by atoms with Crippen molar-refractivity contribution < 1.29 is 19.0 Å². The molecule has 0 bridgehead atoms. The SMILES string of the molecule is NC(=O)c1cnc(Nc2ccc3c(c2)NC[C@H](OCC2CCCCO2)CO3)nc1NC1CC1. The highest BCUT2D eigenvalue weighted by molar-refractivity contribution is 5.97. The molecule has 0 radical (unpaired) electrons. The zero-order valence-electron chi connectivity index (χ0n) is 18.5. The smallest absolute Gasteiger partial charge is 0.254 e. The lowest BCUT2D eigenvalue weighted by atomic mass is 10.1. The minimum atomic E-state index is -0.553. The number of carbonyl (C=O) groups excluding carboxylic acids is 1. The maximum Gasteiger partial charge on any atom is 0.254 e.